The van der Waals surface area contributed by atoms with Crippen LogP contribution in [0, 0.1) is 10.1 Å². The van der Waals surface area contributed by atoms with Gasteiger partial charge in [-0.1, -0.05) is 78.0 Å². The minimum atomic E-state index is -0.743. The number of nitro benzene ring substituents is 1. The Morgan fingerprint density at radius 1 is 1.06 bits per heavy atom. The van der Waals surface area contributed by atoms with Gasteiger partial charge in [-0.05, 0) is 17.7 Å². The lowest BCUT2D eigenvalue weighted by molar-refractivity contribution is -0.384. The van der Waals surface area contributed by atoms with E-state index < -0.39 is 11.2 Å². The Morgan fingerprint density at radius 2 is 1.85 bits per heavy atom. The maximum Gasteiger partial charge on any atom is 0.288 e. The molecule has 0 bridgehead atoms. The molecule has 4 aromatic rings. The molecular weight excluding hydrogens is 462 g/mol. The van der Waals surface area contributed by atoms with Crippen molar-refractivity contribution in [3.05, 3.63) is 99.1 Å². The molecule has 8 nitrogen and oxygen atoms in total. The third-order valence-corrected chi connectivity index (χ3v) is 6.24. The van der Waals surface area contributed by atoms with Gasteiger partial charge in [0.2, 0.25) is 11.0 Å². The number of nitrogens with one attached hydrogen (secondary N) is 1. The fourth-order valence-electron chi connectivity index (χ4n) is 3.41. The molecule has 1 unspecified atom stereocenters. The summed E-state index contributed by atoms with van der Waals surface area (Å²) in [6, 6.07) is 22.1. The fraction of sp³-hybridized carbons (Fsp3) is 0.0870. The van der Waals surface area contributed by atoms with Gasteiger partial charge in [0.05, 0.1) is 4.92 Å². The van der Waals surface area contributed by atoms with Crippen LogP contribution in [-0.2, 0) is 5.75 Å². The number of nitrogens with zero attached hydrogens (tertiary/aromatic N) is 4. The minimum Gasteiger partial charge on any atom is -0.448 e. The van der Waals surface area contributed by atoms with Crippen LogP contribution in [0.3, 0.4) is 0 Å². The van der Waals surface area contributed by atoms with Crippen LogP contribution in [0.2, 0.25) is 5.02 Å². The summed E-state index contributed by atoms with van der Waals surface area (Å²) < 4.78 is 6.19. The van der Waals surface area contributed by atoms with E-state index in [1.54, 1.807) is 6.07 Å². The number of rotatable bonds is 5. The molecule has 1 aliphatic rings. The Balaban J connectivity index is 1.52. The van der Waals surface area contributed by atoms with E-state index in [-0.39, 0.29) is 10.7 Å². The van der Waals surface area contributed by atoms with E-state index in [1.165, 1.54) is 23.9 Å². The molecule has 5 rings (SSSR count). The number of hydrogen-bond acceptors (Lipinski definition) is 8. The maximum absolute atomic E-state index is 11.4. The Kier molecular flexibility index (Phi) is 5.80. The first-order valence-electron chi connectivity index (χ1n) is 9.96. The van der Waals surface area contributed by atoms with Gasteiger partial charge in [-0.15, -0.1) is 10.2 Å². The van der Waals surface area contributed by atoms with E-state index in [2.05, 4.69) is 20.5 Å². The molecular formula is C23H16ClN5O3S. The quantitative estimate of drug-likeness (QED) is 0.215. The molecule has 164 valence electrons. The summed E-state index contributed by atoms with van der Waals surface area (Å²) in [6.45, 7) is 0. The first kappa shape index (κ1) is 21.2. The highest BCUT2D eigenvalue weighted by molar-refractivity contribution is 7.98. The van der Waals surface area contributed by atoms with Crippen LogP contribution in [0.5, 0.6) is 5.88 Å². The third kappa shape index (κ3) is 4.46. The van der Waals surface area contributed by atoms with Crippen LogP contribution in [-0.4, -0.2) is 20.1 Å². The lowest BCUT2D eigenvalue weighted by atomic mass is 10.1. The van der Waals surface area contributed by atoms with Crippen molar-refractivity contribution in [1.82, 2.24) is 15.2 Å². The average molecular weight is 478 g/mol. The molecule has 0 spiro atoms. The molecule has 1 aromatic heterocycles. The molecule has 0 radical (unpaired) electrons. The molecule has 1 atom stereocenters. The fourth-order valence-corrected chi connectivity index (χ4v) is 4.33. The summed E-state index contributed by atoms with van der Waals surface area (Å²) in [7, 11) is 0. The lowest BCUT2D eigenvalue weighted by Gasteiger charge is -2.19. The number of aromatic nitrogens is 3. The molecule has 3 aromatic carbocycles. The zero-order valence-electron chi connectivity index (χ0n) is 17.0. The van der Waals surface area contributed by atoms with Gasteiger partial charge in [0, 0.05) is 28.6 Å². The van der Waals surface area contributed by atoms with Gasteiger partial charge >= 0.3 is 0 Å². The molecule has 0 saturated heterocycles. The van der Waals surface area contributed by atoms with Crippen LogP contribution in [0.25, 0.3) is 11.3 Å². The Hall–Kier alpha value is -3.69. The van der Waals surface area contributed by atoms with E-state index in [9.17, 15) is 10.1 Å². The monoisotopic (exact) mass is 477 g/mol. The number of fused-ring (bicyclic) bond motifs is 3. The molecule has 0 aliphatic carbocycles. The second-order valence-electron chi connectivity index (χ2n) is 7.18. The van der Waals surface area contributed by atoms with E-state index in [4.69, 9.17) is 16.3 Å². The van der Waals surface area contributed by atoms with Crippen molar-refractivity contribution < 1.29 is 9.66 Å². The summed E-state index contributed by atoms with van der Waals surface area (Å²) in [4.78, 5) is 15.5. The Bertz CT molecular complexity index is 1340. The third-order valence-electron chi connectivity index (χ3n) is 5.01. The van der Waals surface area contributed by atoms with Crippen LogP contribution in [0.15, 0.2) is 78.0 Å². The number of halogens is 1. The second kappa shape index (κ2) is 9.05. The summed E-state index contributed by atoms with van der Waals surface area (Å²) in [5.74, 6) is 0.976. The van der Waals surface area contributed by atoms with Crippen molar-refractivity contribution in [2.45, 2.75) is 17.1 Å². The Morgan fingerprint density at radius 3 is 2.67 bits per heavy atom. The normalized spacial score (nSPS) is 14.3. The SMILES string of the molecule is O=[N+]([O-])c1cc(C2Nc3ccccc3-c3nnc(SCc4ccccc4)nc3O2)ccc1Cl. The number of ether oxygens (including phenoxy) is 1. The van der Waals surface area contributed by atoms with Crippen LogP contribution >= 0.6 is 23.4 Å². The van der Waals surface area contributed by atoms with Crippen LogP contribution in [0.4, 0.5) is 11.4 Å². The first-order valence-corrected chi connectivity index (χ1v) is 11.3. The van der Waals surface area contributed by atoms with Gasteiger partial charge < -0.3 is 10.1 Å². The van der Waals surface area contributed by atoms with Gasteiger partial charge in [-0.2, -0.15) is 4.98 Å². The topological polar surface area (TPSA) is 103 Å². The van der Waals surface area contributed by atoms with Crippen molar-refractivity contribution in [2.75, 3.05) is 5.32 Å². The molecule has 10 heteroatoms. The standard InChI is InChI=1S/C23H16ClN5O3S/c24-17-11-10-15(12-19(17)29(30)31)21-25-18-9-5-4-8-16(18)20-22(32-21)26-23(28-27-20)33-13-14-6-2-1-3-7-14/h1-12,21,25H,13H2. The zero-order valence-corrected chi connectivity index (χ0v) is 18.6. The predicted octanol–water partition coefficient (Wildman–Crippen LogP) is 5.90. The molecule has 1 N–H and O–H groups in total. The van der Waals surface area contributed by atoms with Gasteiger partial charge in [-0.3, -0.25) is 10.1 Å². The highest BCUT2D eigenvalue weighted by Gasteiger charge is 2.27. The molecule has 0 saturated carbocycles. The summed E-state index contributed by atoms with van der Waals surface area (Å²) in [5, 5.41) is 23.9. The van der Waals surface area contributed by atoms with Crippen molar-refractivity contribution in [3.8, 4) is 17.1 Å². The molecule has 2 heterocycles. The number of nitro groups is 1. The van der Waals surface area contributed by atoms with E-state index in [1.807, 2.05) is 54.6 Å². The maximum atomic E-state index is 11.4. The number of thioether (sulfide) groups is 1. The predicted molar refractivity (Wildman–Crippen MR) is 126 cm³/mol. The van der Waals surface area contributed by atoms with E-state index in [0.29, 0.717) is 28.0 Å². The van der Waals surface area contributed by atoms with Crippen LogP contribution < -0.4 is 10.1 Å². The van der Waals surface area contributed by atoms with Gasteiger partial charge in [0.1, 0.15) is 5.02 Å². The van der Waals surface area contributed by atoms with Crippen molar-refractivity contribution in [2.24, 2.45) is 0 Å². The lowest BCUT2D eigenvalue weighted by Crippen LogP contribution is -2.17. The van der Waals surface area contributed by atoms with Gasteiger partial charge in [0.15, 0.2) is 11.9 Å². The van der Waals surface area contributed by atoms with Gasteiger partial charge in [-0.25, -0.2) is 0 Å². The van der Waals surface area contributed by atoms with Crippen molar-refractivity contribution in [1.29, 1.82) is 0 Å². The molecule has 0 fully saturated rings. The van der Waals surface area contributed by atoms with E-state index in [0.717, 1.165) is 16.8 Å². The first-order chi connectivity index (χ1) is 16.1. The molecule has 33 heavy (non-hydrogen) atoms. The van der Waals surface area contributed by atoms with Crippen LogP contribution in [0.1, 0.15) is 17.4 Å². The summed E-state index contributed by atoms with van der Waals surface area (Å²) in [6.07, 6.45) is -0.743. The van der Waals surface area contributed by atoms with Gasteiger partial charge in [0.25, 0.3) is 5.69 Å². The minimum absolute atomic E-state index is 0.0572. The molecule has 1 aliphatic heterocycles. The van der Waals surface area contributed by atoms with Crippen molar-refractivity contribution in [3.63, 3.8) is 0 Å². The number of hydrogen-bond donors (Lipinski definition) is 1. The number of benzene rings is 3. The second-order valence-corrected chi connectivity index (χ2v) is 8.53. The highest BCUT2D eigenvalue weighted by atomic mass is 35.5. The smallest absolute Gasteiger partial charge is 0.288 e. The number of anilines is 1. The average Bonchev–Trinajstić information content (AvgIpc) is 3.00. The largest absolute Gasteiger partial charge is 0.448 e. The van der Waals surface area contributed by atoms with Crippen molar-refractivity contribution >= 4 is 34.7 Å². The Labute approximate surface area is 198 Å². The summed E-state index contributed by atoms with van der Waals surface area (Å²) >= 11 is 7.44. The number of para-hydroxylation sites is 1. The zero-order chi connectivity index (χ0) is 22.8. The molecule has 0 amide bonds. The highest BCUT2D eigenvalue weighted by Crippen LogP contribution is 2.40. The summed E-state index contributed by atoms with van der Waals surface area (Å²) in [5.41, 5.74) is 3.49. The van der Waals surface area contributed by atoms with E-state index >= 15 is 0 Å².